The molecule has 0 aliphatic heterocycles. The molecule has 1 N–H and O–H groups in total. The van der Waals surface area contributed by atoms with Crippen LogP contribution < -0.4 is 5.32 Å². The number of nitrogens with one attached hydrogen (secondary N) is 1. The van der Waals surface area contributed by atoms with Crippen molar-refractivity contribution >= 4 is 0 Å². The van der Waals surface area contributed by atoms with E-state index in [1.54, 1.807) is 0 Å². The highest BCUT2D eigenvalue weighted by molar-refractivity contribution is 5.05. The lowest BCUT2D eigenvalue weighted by atomic mass is 9.61. The molecule has 16 heavy (non-hydrogen) atoms. The Hall–Kier alpha value is -0.0800. The van der Waals surface area contributed by atoms with Crippen LogP contribution in [0.25, 0.3) is 0 Å². The molecule has 2 saturated carbocycles. The molecule has 0 amide bonds. The van der Waals surface area contributed by atoms with Gasteiger partial charge in [-0.3, -0.25) is 0 Å². The molecule has 0 spiro atoms. The van der Waals surface area contributed by atoms with Crippen LogP contribution in [0.1, 0.15) is 59.3 Å². The summed E-state index contributed by atoms with van der Waals surface area (Å²) in [5.74, 6) is 0. The molecule has 2 aliphatic rings. The quantitative estimate of drug-likeness (QED) is 0.776. The molecule has 94 valence electrons. The third kappa shape index (κ3) is 2.14. The second kappa shape index (κ2) is 5.05. The molecule has 2 fully saturated rings. The summed E-state index contributed by atoms with van der Waals surface area (Å²) >= 11 is 0. The minimum absolute atomic E-state index is 0.374. The Balaban J connectivity index is 1.86. The molecule has 2 rings (SSSR count). The average molecular weight is 225 g/mol. The van der Waals surface area contributed by atoms with E-state index in [-0.39, 0.29) is 0 Å². The SMILES string of the molecule is CCOC1CC(NC2CCCC2)C1(C)CC. The van der Waals surface area contributed by atoms with Crippen LogP contribution in [0.5, 0.6) is 0 Å². The Labute approximate surface area is 100 Å². The normalized spacial score (nSPS) is 39.9. The maximum atomic E-state index is 5.84. The number of hydrogen-bond acceptors (Lipinski definition) is 2. The molecule has 2 heteroatoms. The van der Waals surface area contributed by atoms with Crippen molar-refractivity contribution in [2.75, 3.05) is 6.61 Å². The smallest absolute Gasteiger partial charge is 0.0658 e. The second-order valence-corrected chi connectivity index (χ2v) is 5.74. The maximum absolute atomic E-state index is 5.84. The standard InChI is InChI=1S/C14H27NO/c1-4-14(3)12(10-13(14)16-5-2)15-11-8-6-7-9-11/h11-13,15H,4-10H2,1-3H3. The third-order valence-electron chi connectivity index (χ3n) is 4.90. The van der Waals surface area contributed by atoms with Gasteiger partial charge in [0.25, 0.3) is 0 Å². The van der Waals surface area contributed by atoms with Gasteiger partial charge in [-0.05, 0) is 32.6 Å². The molecule has 2 nitrogen and oxygen atoms in total. The lowest BCUT2D eigenvalue weighted by Gasteiger charge is -2.54. The summed E-state index contributed by atoms with van der Waals surface area (Å²) in [6, 6.07) is 1.48. The van der Waals surface area contributed by atoms with Crippen molar-refractivity contribution in [2.24, 2.45) is 5.41 Å². The van der Waals surface area contributed by atoms with E-state index in [0.29, 0.717) is 17.6 Å². The Morgan fingerprint density at radius 2 is 1.94 bits per heavy atom. The van der Waals surface area contributed by atoms with E-state index >= 15 is 0 Å². The third-order valence-corrected chi connectivity index (χ3v) is 4.90. The highest BCUT2D eigenvalue weighted by atomic mass is 16.5. The van der Waals surface area contributed by atoms with Crippen LogP contribution in [0.2, 0.25) is 0 Å². The van der Waals surface area contributed by atoms with Gasteiger partial charge in [0.2, 0.25) is 0 Å². The van der Waals surface area contributed by atoms with Gasteiger partial charge in [-0.25, -0.2) is 0 Å². The number of hydrogen-bond donors (Lipinski definition) is 1. The highest BCUT2D eigenvalue weighted by Crippen LogP contribution is 2.46. The van der Waals surface area contributed by atoms with Gasteiger partial charge in [0.05, 0.1) is 6.10 Å². The van der Waals surface area contributed by atoms with Crippen molar-refractivity contribution in [1.82, 2.24) is 5.32 Å². The summed E-state index contributed by atoms with van der Waals surface area (Å²) in [6.45, 7) is 7.65. The van der Waals surface area contributed by atoms with Crippen LogP contribution in [-0.4, -0.2) is 24.8 Å². The van der Waals surface area contributed by atoms with E-state index in [1.807, 2.05) is 0 Å². The monoisotopic (exact) mass is 225 g/mol. The highest BCUT2D eigenvalue weighted by Gasteiger charge is 2.51. The van der Waals surface area contributed by atoms with Gasteiger partial charge < -0.3 is 10.1 Å². The summed E-state index contributed by atoms with van der Waals surface area (Å²) in [4.78, 5) is 0. The van der Waals surface area contributed by atoms with E-state index in [4.69, 9.17) is 4.74 Å². The minimum Gasteiger partial charge on any atom is -0.378 e. The minimum atomic E-state index is 0.374. The summed E-state index contributed by atoms with van der Waals surface area (Å²) < 4.78 is 5.84. The van der Waals surface area contributed by atoms with Gasteiger partial charge >= 0.3 is 0 Å². The lowest BCUT2D eigenvalue weighted by molar-refractivity contribution is -0.127. The molecular weight excluding hydrogens is 198 g/mol. The average Bonchev–Trinajstić information content (AvgIpc) is 2.79. The zero-order valence-corrected chi connectivity index (χ0v) is 11.1. The van der Waals surface area contributed by atoms with Gasteiger partial charge in [0, 0.05) is 24.1 Å². The molecule has 0 heterocycles. The molecule has 0 aromatic rings. The first-order valence-corrected chi connectivity index (χ1v) is 7.08. The molecule has 3 atom stereocenters. The van der Waals surface area contributed by atoms with Crippen LogP contribution in [-0.2, 0) is 4.74 Å². The van der Waals surface area contributed by atoms with Crippen molar-refractivity contribution < 1.29 is 4.74 Å². The summed E-state index contributed by atoms with van der Waals surface area (Å²) in [6.07, 6.45) is 8.54. The van der Waals surface area contributed by atoms with Gasteiger partial charge in [-0.15, -0.1) is 0 Å². The Morgan fingerprint density at radius 1 is 1.25 bits per heavy atom. The van der Waals surface area contributed by atoms with Crippen LogP contribution in [0.3, 0.4) is 0 Å². The van der Waals surface area contributed by atoms with Crippen molar-refractivity contribution in [1.29, 1.82) is 0 Å². The van der Waals surface area contributed by atoms with Gasteiger partial charge in [0.15, 0.2) is 0 Å². The fourth-order valence-corrected chi connectivity index (χ4v) is 3.39. The van der Waals surface area contributed by atoms with E-state index in [9.17, 15) is 0 Å². The van der Waals surface area contributed by atoms with Crippen molar-refractivity contribution in [3.8, 4) is 0 Å². The molecular formula is C14H27NO. The molecule has 0 saturated heterocycles. The fourth-order valence-electron chi connectivity index (χ4n) is 3.39. The number of rotatable bonds is 5. The first kappa shape index (κ1) is 12.4. The van der Waals surface area contributed by atoms with Crippen LogP contribution in [0.4, 0.5) is 0 Å². The maximum Gasteiger partial charge on any atom is 0.0658 e. The van der Waals surface area contributed by atoms with Gasteiger partial charge in [-0.1, -0.05) is 26.7 Å². The number of ether oxygens (including phenoxy) is 1. The fraction of sp³-hybridized carbons (Fsp3) is 1.00. The first-order valence-electron chi connectivity index (χ1n) is 7.08. The van der Waals surface area contributed by atoms with Crippen LogP contribution >= 0.6 is 0 Å². The molecule has 0 aromatic heterocycles. The Morgan fingerprint density at radius 3 is 2.50 bits per heavy atom. The molecule has 0 bridgehead atoms. The predicted molar refractivity (Wildman–Crippen MR) is 67.6 cm³/mol. The van der Waals surface area contributed by atoms with Gasteiger partial charge in [0.1, 0.15) is 0 Å². The largest absolute Gasteiger partial charge is 0.378 e. The van der Waals surface area contributed by atoms with E-state index in [1.165, 1.54) is 38.5 Å². The van der Waals surface area contributed by atoms with Crippen molar-refractivity contribution in [3.05, 3.63) is 0 Å². The topological polar surface area (TPSA) is 21.3 Å². The molecule has 2 aliphatic carbocycles. The lowest BCUT2D eigenvalue weighted by Crippen LogP contribution is -2.63. The zero-order valence-electron chi connectivity index (χ0n) is 11.1. The predicted octanol–water partition coefficient (Wildman–Crippen LogP) is 3.11. The summed E-state index contributed by atoms with van der Waals surface area (Å²) in [5, 5.41) is 3.87. The van der Waals surface area contributed by atoms with Crippen LogP contribution in [0.15, 0.2) is 0 Å². The van der Waals surface area contributed by atoms with E-state index in [0.717, 1.165) is 12.6 Å². The van der Waals surface area contributed by atoms with E-state index < -0.39 is 0 Å². The summed E-state index contributed by atoms with van der Waals surface area (Å²) in [7, 11) is 0. The Kier molecular flexibility index (Phi) is 3.91. The summed E-state index contributed by atoms with van der Waals surface area (Å²) in [5.41, 5.74) is 0.374. The molecule has 3 unspecified atom stereocenters. The zero-order chi connectivity index (χ0) is 11.6. The molecule has 0 radical (unpaired) electrons. The molecule has 0 aromatic carbocycles. The van der Waals surface area contributed by atoms with Crippen LogP contribution in [0, 0.1) is 5.41 Å². The van der Waals surface area contributed by atoms with Crippen molar-refractivity contribution in [2.45, 2.75) is 77.5 Å². The van der Waals surface area contributed by atoms with Crippen molar-refractivity contribution in [3.63, 3.8) is 0 Å². The first-order chi connectivity index (χ1) is 7.70. The second-order valence-electron chi connectivity index (χ2n) is 5.74. The van der Waals surface area contributed by atoms with Gasteiger partial charge in [-0.2, -0.15) is 0 Å². The Bertz CT molecular complexity index is 225. The van der Waals surface area contributed by atoms with E-state index in [2.05, 4.69) is 26.1 Å².